The first-order valence-corrected chi connectivity index (χ1v) is 13.7. The smallest absolute Gasteiger partial charge is 0.252 e. The average molecular weight is 557 g/mol. The first kappa shape index (κ1) is 28.2. The molecule has 6 nitrogen and oxygen atoms in total. The minimum absolute atomic E-state index is 0.288. The van der Waals surface area contributed by atoms with Gasteiger partial charge >= 0.3 is 0 Å². The Morgan fingerprint density at radius 3 is 1.19 bits per heavy atom. The van der Waals surface area contributed by atoms with Crippen molar-refractivity contribution in [3.8, 4) is 11.5 Å². The summed E-state index contributed by atoms with van der Waals surface area (Å²) in [6.07, 6.45) is 0. The molecule has 0 spiro atoms. The summed E-state index contributed by atoms with van der Waals surface area (Å²) in [6.45, 7) is 0. The highest BCUT2D eigenvalue weighted by Crippen LogP contribution is 2.26. The number of rotatable bonds is 10. The summed E-state index contributed by atoms with van der Waals surface area (Å²) in [5.74, 6) is 0.895. The van der Waals surface area contributed by atoms with Crippen molar-refractivity contribution in [1.82, 2.24) is 10.6 Å². The number of amides is 2. The molecule has 0 fully saturated rings. The fraction of sp³-hybridized carbons (Fsp3) is 0.111. The summed E-state index contributed by atoms with van der Waals surface area (Å²) in [5, 5.41) is 6.30. The molecule has 0 aromatic heterocycles. The molecule has 0 saturated carbocycles. The van der Waals surface area contributed by atoms with Gasteiger partial charge in [-0.3, -0.25) is 9.59 Å². The van der Waals surface area contributed by atoms with Crippen LogP contribution in [0.3, 0.4) is 0 Å². The van der Waals surface area contributed by atoms with Gasteiger partial charge in [0, 0.05) is 11.1 Å². The van der Waals surface area contributed by atoms with Gasteiger partial charge in [-0.1, -0.05) is 91.0 Å². The van der Waals surface area contributed by atoms with E-state index in [2.05, 4.69) is 10.6 Å². The van der Waals surface area contributed by atoms with Crippen molar-refractivity contribution >= 4 is 11.8 Å². The molecule has 0 aliphatic rings. The molecule has 210 valence electrons. The number of hydrogen-bond acceptors (Lipinski definition) is 4. The maximum Gasteiger partial charge on any atom is 0.252 e. The third-order valence-electron chi connectivity index (χ3n) is 7.10. The Kier molecular flexibility index (Phi) is 8.94. The van der Waals surface area contributed by atoms with E-state index in [1.165, 1.54) is 0 Å². The molecule has 5 rings (SSSR count). The molecule has 0 radical (unpaired) electrons. The lowest BCUT2D eigenvalue weighted by atomic mass is 9.97. The predicted octanol–water partition coefficient (Wildman–Crippen LogP) is 6.74. The lowest BCUT2D eigenvalue weighted by Crippen LogP contribution is -2.31. The molecule has 0 saturated heterocycles. The molecule has 2 unspecified atom stereocenters. The van der Waals surface area contributed by atoms with Gasteiger partial charge in [-0.15, -0.1) is 0 Å². The molecule has 0 aliphatic carbocycles. The second kappa shape index (κ2) is 13.3. The minimum atomic E-state index is -0.389. The molecule has 0 bridgehead atoms. The highest BCUT2D eigenvalue weighted by molar-refractivity contribution is 6.00. The third kappa shape index (κ3) is 6.67. The van der Waals surface area contributed by atoms with Crippen molar-refractivity contribution in [2.24, 2.45) is 0 Å². The van der Waals surface area contributed by atoms with Gasteiger partial charge < -0.3 is 20.1 Å². The number of benzene rings is 5. The Morgan fingerprint density at radius 1 is 0.476 bits per heavy atom. The van der Waals surface area contributed by atoms with Gasteiger partial charge in [0.05, 0.1) is 26.3 Å². The van der Waals surface area contributed by atoms with Crippen molar-refractivity contribution in [2.45, 2.75) is 12.1 Å². The highest BCUT2D eigenvalue weighted by Gasteiger charge is 2.21. The zero-order chi connectivity index (χ0) is 29.3. The summed E-state index contributed by atoms with van der Waals surface area (Å²) in [6, 6.07) is 40.7. The standard InChI is InChI=1S/C36H32N2O4/c1-41-31-20-16-27(17-21-31)33(25-10-5-3-6-11-25)37-35(39)29-14-9-15-30(24-29)36(40)38-34(26-12-7-4-8-13-26)28-18-22-32(42-2)23-19-28/h3-24,33-34H,1-2H3,(H,37,39)(H,38,40). The monoisotopic (exact) mass is 556 g/mol. The van der Waals surface area contributed by atoms with Crippen LogP contribution in [0.1, 0.15) is 55.1 Å². The van der Waals surface area contributed by atoms with Crippen LogP contribution in [0.2, 0.25) is 0 Å². The average Bonchev–Trinajstić information content (AvgIpc) is 3.07. The predicted molar refractivity (Wildman–Crippen MR) is 164 cm³/mol. The van der Waals surface area contributed by atoms with Crippen LogP contribution in [0.4, 0.5) is 0 Å². The Labute approximate surface area is 245 Å². The van der Waals surface area contributed by atoms with Gasteiger partial charge in [0.1, 0.15) is 11.5 Å². The molecule has 2 amide bonds. The van der Waals surface area contributed by atoms with Gasteiger partial charge in [0.2, 0.25) is 0 Å². The number of carbonyl (C=O) groups excluding carboxylic acids is 2. The number of methoxy groups -OCH3 is 2. The first-order chi connectivity index (χ1) is 20.6. The summed E-state index contributed by atoms with van der Waals surface area (Å²) in [7, 11) is 3.24. The zero-order valence-corrected chi connectivity index (χ0v) is 23.5. The number of ether oxygens (including phenoxy) is 2. The lowest BCUT2D eigenvalue weighted by molar-refractivity contribution is 0.0942. The normalized spacial score (nSPS) is 12.0. The van der Waals surface area contributed by atoms with E-state index in [9.17, 15) is 9.59 Å². The van der Waals surface area contributed by atoms with E-state index in [0.29, 0.717) is 11.1 Å². The zero-order valence-electron chi connectivity index (χ0n) is 23.5. The Morgan fingerprint density at radius 2 is 0.833 bits per heavy atom. The fourth-order valence-corrected chi connectivity index (χ4v) is 4.83. The Bertz CT molecular complexity index is 1500. The Hall–Kier alpha value is -5.36. The summed E-state index contributed by atoms with van der Waals surface area (Å²) in [5.41, 5.74) is 4.48. The molecule has 6 heteroatoms. The van der Waals surface area contributed by atoms with Crippen molar-refractivity contribution in [3.63, 3.8) is 0 Å². The topological polar surface area (TPSA) is 76.7 Å². The number of nitrogens with one attached hydrogen (secondary N) is 2. The largest absolute Gasteiger partial charge is 0.497 e. The molecule has 42 heavy (non-hydrogen) atoms. The second-order valence-electron chi connectivity index (χ2n) is 9.76. The maximum atomic E-state index is 13.5. The van der Waals surface area contributed by atoms with Crippen LogP contribution >= 0.6 is 0 Å². The van der Waals surface area contributed by atoms with Crippen LogP contribution < -0.4 is 20.1 Å². The highest BCUT2D eigenvalue weighted by atomic mass is 16.5. The van der Waals surface area contributed by atoms with E-state index in [1.807, 2.05) is 109 Å². The van der Waals surface area contributed by atoms with Gasteiger partial charge in [-0.25, -0.2) is 0 Å². The van der Waals surface area contributed by atoms with E-state index in [0.717, 1.165) is 33.8 Å². The molecule has 5 aromatic rings. The molecular weight excluding hydrogens is 524 g/mol. The fourth-order valence-electron chi connectivity index (χ4n) is 4.83. The second-order valence-corrected chi connectivity index (χ2v) is 9.76. The lowest BCUT2D eigenvalue weighted by Gasteiger charge is -2.21. The summed E-state index contributed by atoms with van der Waals surface area (Å²) >= 11 is 0. The minimum Gasteiger partial charge on any atom is -0.497 e. The van der Waals surface area contributed by atoms with Crippen molar-refractivity contribution in [2.75, 3.05) is 14.2 Å². The molecule has 0 aliphatic heterocycles. The Balaban J connectivity index is 1.38. The molecular formula is C36H32N2O4. The van der Waals surface area contributed by atoms with Crippen LogP contribution in [-0.2, 0) is 0 Å². The van der Waals surface area contributed by atoms with Crippen molar-refractivity contribution in [3.05, 3.63) is 167 Å². The van der Waals surface area contributed by atoms with E-state index in [1.54, 1.807) is 38.5 Å². The summed E-state index contributed by atoms with van der Waals surface area (Å²) in [4.78, 5) is 27.1. The van der Waals surface area contributed by atoms with E-state index in [4.69, 9.17) is 9.47 Å². The quantitative estimate of drug-likeness (QED) is 0.200. The van der Waals surface area contributed by atoms with Crippen LogP contribution in [0.5, 0.6) is 11.5 Å². The molecule has 0 heterocycles. The molecule has 5 aromatic carbocycles. The van der Waals surface area contributed by atoms with Gasteiger partial charge in [0.25, 0.3) is 11.8 Å². The van der Waals surface area contributed by atoms with E-state index in [-0.39, 0.29) is 23.9 Å². The van der Waals surface area contributed by atoms with Crippen LogP contribution in [-0.4, -0.2) is 26.0 Å². The molecule has 2 atom stereocenters. The van der Waals surface area contributed by atoms with Gasteiger partial charge in [0.15, 0.2) is 0 Å². The maximum absolute atomic E-state index is 13.5. The van der Waals surface area contributed by atoms with E-state index >= 15 is 0 Å². The van der Waals surface area contributed by atoms with E-state index < -0.39 is 0 Å². The third-order valence-corrected chi connectivity index (χ3v) is 7.10. The van der Waals surface area contributed by atoms with Crippen LogP contribution in [0, 0.1) is 0 Å². The van der Waals surface area contributed by atoms with Gasteiger partial charge in [-0.05, 0) is 64.7 Å². The van der Waals surface area contributed by atoms with Crippen LogP contribution in [0.15, 0.2) is 133 Å². The SMILES string of the molecule is COc1ccc(C(NC(=O)c2cccc(C(=O)NC(c3ccccc3)c3ccc(OC)cc3)c2)c2ccccc2)cc1. The number of carbonyl (C=O) groups is 2. The number of hydrogen-bond donors (Lipinski definition) is 2. The molecule has 2 N–H and O–H groups in total. The first-order valence-electron chi connectivity index (χ1n) is 13.7. The summed E-state index contributed by atoms with van der Waals surface area (Å²) < 4.78 is 10.6. The van der Waals surface area contributed by atoms with Crippen LogP contribution in [0.25, 0.3) is 0 Å². The van der Waals surface area contributed by atoms with Gasteiger partial charge in [-0.2, -0.15) is 0 Å². The van der Waals surface area contributed by atoms with Crippen molar-refractivity contribution < 1.29 is 19.1 Å². The van der Waals surface area contributed by atoms with Crippen molar-refractivity contribution in [1.29, 1.82) is 0 Å².